The van der Waals surface area contributed by atoms with Crippen molar-refractivity contribution < 1.29 is 0 Å². The molecule has 3 heteroatoms. The van der Waals surface area contributed by atoms with Gasteiger partial charge in [0.2, 0.25) is 0 Å². The Bertz CT molecular complexity index is 373. The first-order valence-corrected chi connectivity index (χ1v) is 7.38. The number of rotatable bonds is 4. The Morgan fingerprint density at radius 1 is 1.33 bits per heavy atom. The van der Waals surface area contributed by atoms with Gasteiger partial charge in [-0.3, -0.25) is 4.90 Å². The minimum absolute atomic E-state index is 0.645. The van der Waals surface area contributed by atoms with Crippen LogP contribution in [0.1, 0.15) is 44.6 Å². The average molecular weight is 267 g/mol. The summed E-state index contributed by atoms with van der Waals surface area (Å²) in [4.78, 5) is 6.58. The van der Waals surface area contributed by atoms with Crippen molar-refractivity contribution >= 4 is 11.6 Å². The molecule has 1 saturated carbocycles. The lowest BCUT2D eigenvalue weighted by Crippen LogP contribution is -2.34. The number of hydrogen-bond acceptors (Lipinski definition) is 2. The number of hydrogen-bond donors (Lipinski definition) is 0. The van der Waals surface area contributed by atoms with Crippen LogP contribution in [0.25, 0.3) is 0 Å². The minimum atomic E-state index is 0.645. The molecule has 1 aromatic heterocycles. The van der Waals surface area contributed by atoms with E-state index in [0.29, 0.717) is 11.2 Å². The molecule has 1 fully saturated rings. The smallest absolute Gasteiger partial charge is 0.133 e. The van der Waals surface area contributed by atoms with Crippen LogP contribution in [0.2, 0.25) is 5.15 Å². The van der Waals surface area contributed by atoms with E-state index >= 15 is 0 Å². The molecule has 0 aliphatic heterocycles. The number of nitrogens with zero attached hydrogens (tertiary/aromatic N) is 2. The van der Waals surface area contributed by atoms with E-state index in [0.717, 1.165) is 18.0 Å². The molecular formula is C15H23ClN2. The topological polar surface area (TPSA) is 16.1 Å². The van der Waals surface area contributed by atoms with Crippen molar-refractivity contribution in [2.75, 3.05) is 7.05 Å². The highest BCUT2D eigenvalue weighted by molar-refractivity contribution is 6.30. The molecule has 2 rings (SSSR count). The zero-order valence-corrected chi connectivity index (χ0v) is 12.2. The Balaban J connectivity index is 1.89. The summed E-state index contributed by atoms with van der Waals surface area (Å²) in [5.74, 6) is 0.955. The van der Waals surface area contributed by atoms with Crippen LogP contribution in [0.5, 0.6) is 0 Å². The van der Waals surface area contributed by atoms with E-state index in [9.17, 15) is 0 Å². The van der Waals surface area contributed by atoms with Gasteiger partial charge in [-0.25, -0.2) is 4.98 Å². The summed E-state index contributed by atoms with van der Waals surface area (Å²) in [6.07, 6.45) is 8.50. The molecule has 0 saturated heterocycles. The highest BCUT2D eigenvalue weighted by atomic mass is 35.5. The number of aromatic nitrogens is 1. The van der Waals surface area contributed by atoms with Gasteiger partial charge in [-0.1, -0.05) is 31.0 Å². The van der Waals surface area contributed by atoms with Gasteiger partial charge >= 0.3 is 0 Å². The van der Waals surface area contributed by atoms with Crippen LogP contribution in [-0.4, -0.2) is 23.0 Å². The fraction of sp³-hybridized carbons (Fsp3) is 0.667. The summed E-state index contributed by atoms with van der Waals surface area (Å²) in [6, 6.07) is 4.75. The second-order valence-corrected chi connectivity index (χ2v) is 5.81. The molecule has 0 amide bonds. The third-order valence-corrected chi connectivity index (χ3v) is 4.61. The number of pyridine rings is 1. The van der Waals surface area contributed by atoms with Crippen molar-refractivity contribution in [3.8, 4) is 0 Å². The Kier molecular flexibility index (Phi) is 5.02. The maximum absolute atomic E-state index is 6.12. The first-order chi connectivity index (χ1) is 8.70. The fourth-order valence-electron chi connectivity index (χ4n) is 2.93. The summed E-state index contributed by atoms with van der Waals surface area (Å²) in [5, 5.41) is 0.645. The molecule has 1 aliphatic rings. The van der Waals surface area contributed by atoms with Crippen molar-refractivity contribution in [3.05, 3.63) is 29.0 Å². The summed E-state index contributed by atoms with van der Waals surface area (Å²) >= 11 is 6.12. The predicted molar refractivity (Wildman–Crippen MR) is 76.8 cm³/mol. The first kappa shape index (κ1) is 13.8. The van der Waals surface area contributed by atoms with E-state index in [1.165, 1.54) is 32.1 Å². The van der Waals surface area contributed by atoms with Crippen LogP contribution < -0.4 is 0 Å². The lowest BCUT2D eigenvalue weighted by atomic mass is 9.84. The molecule has 0 unspecified atom stereocenters. The molecule has 18 heavy (non-hydrogen) atoms. The van der Waals surface area contributed by atoms with Crippen molar-refractivity contribution in [1.82, 2.24) is 9.88 Å². The molecular weight excluding hydrogens is 244 g/mol. The monoisotopic (exact) mass is 266 g/mol. The van der Waals surface area contributed by atoms with Gasteiger partial charge < -0.3 is 0 Å². The lowest BCUT2D eigenvalue weighted by molar-refractivity contribution is 0.157. The van der Waals surface area contributed by atoms with Crippen LogP contribution in [0, 0.1) is 5.92 Å². The second-order valence-electron chi connectivity index (χ2n) is 5.45. The summed E-state index contributed by atoms with van der Waals surface area (Å²) in [5.41, 5.74) is 1.14. The van der Waals surface area contributed by atoms with Gasteiger partial charge in [0, 0.05) is 24.3 Å². The van der Waals surface area contributed by atoms with Crippen LogP contribution >= 0.6 is 11.6 Å². The van der Waals surface area contributed by atoms with Crippen molar-refractivity contribution in [3.63, 3.8) is 0 Å². The van der Waals surface area contributed by atoms with Gasteiger partial charge in [0.15, 0.2) is 0 Å². The quantitative estimate of drug-likeness (QED) is 0.762. The Morgan fingerprint density at radius 3 is 2.67 bits per heavy atom. The first-order valence-electron chi connectivity index (χ1n) is 7.00. The molecule has 2 nitrogen and oxygen atoms in total. The molecule has 1 aromatic rings. The third kappa shape index (κ3) is 3.46. The molecule has 0 bridgehead atoms. The summed E-state index contributed by atoms with van der Waals surface area (Å²) in [6.45, 7) is 3.22. The van der Waals surface area contributed by atoms with Gasteiger partial charge in [0.25, 0.3) is 0 Å². The van der Waals surface area contributed by atoms with Crippen molar-refractivity contribution in [2.24, 2.45) is 5.92 Å². The lowest BCUT2D eigenvalue weighted by Gasteiger charge is -2.34. The summed E-state index contributed by atoms with van der Waals surface area (Å²) < 4.78 is 0. The SMILES string of the molecule is CCC1CCC(N(C)Cc2cccnc2Cl)CC1. The highest BCUT2D eigenvalue weighted by Gasteiger charge is 2.23. The maximum Gasteiger partial charge on any atom is 0.133 e. The molecule has 0 atom stereocenters. The van der Waals surface area contributed by atoms with Crippen LogP contribution in [-0.2, 0) is 6.54 Å². The fourth-order valence-corrected chi connectivity index (χ4v) is 3.11. The molecule has 0 radical (unpaired) electrons. The van der Waals surface area contributed by atoms with E-state index in [4.69, 9.17) is 11.6 Å². The highest BCUT2D eigenvalue weighted by Crippen LogP contribution is 2.29. The Morgan fingerprint density at radius 2 is 2.06 bits per heavy atom. The minimum Gasteiger partial charge on any atom is -0.299 e. The number of halogens is 1. The van der Waals surface area contributed by atoms with E-state index in [1.807, 2.05) is 6.07 Å². The maximum atomic E-state index is 6.12. The van der Waals surface area contributed by atoms with Crippen molar-refractivity contribution in [2.45, 2.75) is 51.6 Å². The van der Waals surface area contributed by atoms with E-state index in [2.05, 4.69) is 29.9 Å². The van der Waals surface area contributed by atoms with Gasteiger partial charge in [0.05, 0.1) is 0 Å². The van der Waals surface area contributed by atoms with Crippen molar-refractivity contribution in [1.29, 1.82) is 0 Å². The molecule has 100 valence electrons. The zero-order valence-electron chi connectivity index (χ0n) is 11.4. The van der Waals surface area contributed by atoms with Crippen LogP contribution in [0.3, 0.4) is 0 Å². The van der Waals surface area contributed by atoms with E-state index in [-0.39, 0.29) is 0 Å². The standard InChI is InChI=1S/C15H23ClN2/c1-3-12-6-8-14(9-7-12)18(2)11-13-5-4-10-17-15(13)16/h4-5,10,12,14H,3,6-9,11H2,1-2H3. The van der Waals surface area contributed by atoms with E-state index in [1.54, 1.807) is 6.20 Å². The van der Waals surface area contributed by atoms with Crippen LogP contribution in [0.4, 0.5) is 0 Å². The normalized spacial score (nSPS) is 24.4. The zero-order chi connectivity index (χ0) is 13.0. The molecule has 0 spiro atoms. The Hall–Kier alpha value is -0.600. The predicted octanol–water partition coefficient (Wildman–Crippen LogP) is 4.14. The van der Waals surface area contributed by atoms with E-state index < -0.39 is 0 Å². The average Bonchev–Trinajstić information content (AvgIpc) is 2.41. The van der Waals surface area contributed by atoms with Gasteiger partial charge in [0.1, 0.15) is 5.15 Å². The summed E-state index contributed by atoms with van der Waals surface area (Å²) in [7, 11) is 2.21. The molecule has 1 heterocycles. The molecule has 0 aromatic carbocycles. The van der Waals surface area contributed by atoms with Crippen LogP contribution in [0.15, 0.2) is 18.3 Å². The Labute approximate surface area is 115 Å². The third-order valence-electron chi connectivity index (χ3n) is 4.27. The molecule has 0 N–H and O–H groups in total. The largest absolute Gasteiger partial charge is 0.299 e. The van der Waals surface area contributed by atoms with Gasteiger partial charge in [-0.2, -0.15) is 0 Å². The van der Waals surface area contributed by atoms with Gasteiger partial charge in [-0.05, 0) is 44.7 Å². The van der Waals surface area contributed by atoms with Gasteiger partial charge in [-0.15, -0.1) is 0 Å². The molecule has 1 aliphatic carbocycles. The second kappa shape index (κ2) is 6.53.